The molecule has 0 fully saturated rings. The number of hydrogen-bond donors (Lipinski definition) is 1. The van der Waals surface area contributed by atoms with Gasteiger partial charge in [-0.1, -0.05) is 18.2 Å². The van der Waals surface area contributed by atoms with E-state index in [1.54, 1.807) is 0 Å². The lowest BCUT2D eigenvalue weighted by molar-refractivity contribution is 0.215. The van der Waals surface area contributed by atoms with Crippen molar-refractivity contribution in [2.75, 3.05) is 6.61 Å². The smallest absolute Gasteiger partial charge is 0.125 e. The van der Waals surface area contributed by atoms with E-state index in [1.807, 2.05) is 42.6 Å². The molecule has 1 heterocycles. The Morgan fingerprint density at radius 2 is 2.12 bits per heavy atom. The first-order valence-corrected chi connectivity index (χ1v) is 7.04. The average Bonchev–Trinajstić information content (AvgIpc) is 2.76. The van der Waals surface area contributed by atoms with Crippen molar-refractivity contribution in [2.45, 2.75) is 13.0 Å². The van der Waals surface area contributed by atoms with E-state index < -0.39 is 6.10 Å². The molecule has 0 bridgehead atoms. The Balaban J connectivity index is 2.37. The minimum atomic E-state index is -0.646. The SMILES string of the molecule is CCOc1ccccc1C(O)c1sccc1Br. The summed E-state index contributed by atoms with van der Waals surface area (Å²) in [6.45, 7) is 2.53. The van der Waals surface area contributed by atoms with Gasteiger partial charge in [-0.05, 0) is 40.4 Å². The molecule has 17 heavy (non-hydrogen) atoms. The second kappa shape index (κ2) is 5.67. The molecule has 2 aromatic rings. The highest BCUT2D eigenvalue weighted by Crippen LogP contribution is 2.36. The quantitative estimate of drug-likeness (QED) is 0.925. The monoisotopic (exact) mass is 312 g/mol. The third-order valence-corrected chi connectivity index (χ3v) is 4.33. The molecule has 1 atom stereocenters. The molecular formula is C13H13BrO2S. The first kappa shape index (κ1) is 12.6. The molecule has 4 heteroatoms. The molecule has 2 nitrogen and oxygen atoms in total. The van der Waals surface area contributed by atoms with Gasteiger partial charge < -0.3 is 9.84 Å². The van der Waals surface area contributed by atoms with Gasteiger partial charge in [0, 0.05) is 10.0 Å². The van der Waals surface area contributed by atoms with Crippen molar-refractivity contribution >= 4 is 27.3 Å². The van der Waals surface area contributed by atoms with Crippen LogP contribution < -0.4 is 4.74 Å². The summed E-state index contributed by atoms with van der Waals surface area (Å²) in [5, 5.41) is 12.3. The van der Waals surface area contributed by atoms with Crippen LogP contribution in [0.3, 0.4) is 0 Å². The molecule has 1 N–H and O–H groups in total. The number of hydrogen-bond acceptors (Lipinski definition) is 3. The minimum absolute atomic E-state index is 0.593. The molecule has 0 saturated heterocycles. The molecule has 0 aliphatic carbocycles. The van der Waals surface area contributed by atoms with E-state index in [4.69, 9.17) is 4.74 Å². The number of para-hydroxylation sites is 1. The molecule has 2 rings (SSSR count). The summed E-state index contributed by atoms with van der Waals surface area (Å²) < 4.78 is 6.46. The number of thiophene rings is 1. The standard InChI is InChI=1S/C13H13BrO2S/c1-2-16-11-6-4-3-5-9(11)12(15)13-10(14)7-8-17-13/h3-8,12,15H,2H2,1H3. The fourth-order valence-corrected chi connectivity index (χ4v) is 3.23. The second-order valence-corrected chi connectivity index (χ2v) is 5.31. The molecule has 1 unspecified atom stereocenters. The van der Waals surface area contributed by atoms with Crippen molar-refractivity contribution in [2.24, 2.45) is 0 Å². The zero-order valence-electron chi connectivity index (χ0n) is 9.39. The first-order chi connectivity index (χ1) is 8.24. The summed E-state index contributed by atoms with van der Waals surface area (Å²) in [6.07, 6.45) is -0.646. The predicted octanol–water partition coefficient (Wildman–Crippen LogP) is 3.99. The molecule has 0 aliphatic heterocycles. The molecule has 1 aromatic carbocycles. The minimum Gasteiger partial charge on any atom is -0.493 e. The highest BCUT2D eigenvalue weighted by molar-refractivity contribution is 9.10. The van der Waals surface area contributed by atoms with Crippen LogP contribution in [0.2, 0.25) is 0 Å². The van der Waals surface area contributed by atoms with Gasteiger partial charge in [0.05, 0.1) is 11.5 Å². The number of aliphatic hydroxyl groups is 1. The van der Waals surface area contributed by atoms with Crippen LogP contribution in [0.15, 0.2) is 40.2 Å². The lowest BCUT2D eigenvalue weighted by Crippen LogP contribution is -2.02. The molecule has 0 amide bonds. The fraction of sp³-hybridized carbons (Fsp3) is 0.231. The van der Waals surface area contributed by atoms with Gasteiger partial charge in [-0.15, -0.1) is 11.3 Å². The van der Waals surface area contributed by atoms with E-state index >= 15 is 0 Å². The highest BCUT2D eigenvalue weighted by atomic mass is 79.9. The van der Waals surface area contributed by atoms with Gasteiger partial charge in [0.1, 0.15) is 11.9 Å². The Labute approximate surface area is 113 Å². The van der Waals surface area contributed by atoms with E-state index in [0.29, 0.717) is 6.61 Å². The van der Waals surface area contributed by atoms with E-state index in [0.717, 1.165) is 20.7 Å². The van der Waals surface area contributed by atoms with Crippen LogP contribution in [0, 0.1) is 0 Å². The molecule has 1 aromatic heterocycles. The third-order valence-electron chi connectivity index (χ3n) is 2.41. The zero-order valence-corrected chi connectivity index (χ0v) is 11.8. The van der Waals surface area contributed by atoms with Crippen LogP contribution in [0.4, 0.5) is 0 Å². The first-order valence-electron chi connectivity index (χ1n) is 5.36. The van der Waals surface area contributed by atoms with Crippen LogP contribution in [-0.2, 0) is 0 Å². The summed E-state index contributed by atoms with van der Waals surface area (Å²) >= 11 is 4.96. The van der Waals surface area contributed by atoms with Crippen molar-refractivity contribution in [1.29, 1.82) is 0 Å². The number of ether oxygens (including phenoxy) is 1. The number of benzene rings is 1. The van der Waals surface area contributed by atoms with E-state index in [1.165, 1.54) is 11.3 Å². The topological polar surface area (TPSA) is 29.5 Å². The maximum absolute atomic E-state index is 10.4. The Hall–Kier alpha value is -0.840. The van der Waals surface area contributed by atoms with Gasteiger partial charge in [-0.3, -0.25) is 0 Å². The maximum Gasteiger partial charge on any atom is 0.125 e. The van der Waals surface area contributed by atoms with Gasteiger partial charge in [0.15, 0.2) is 0 Å². The van der Waals surface area contributed by atoms with Crippen LogP contribution in [0.25, 0.3) is 0 Å². The van der Waals surface area contributed by atoms with Gasteiger partial charge >= 0.3 is 0 Å². The highest BCUT2D eigenvalue weighted by Gasteiger charge is 2.18. The lowest BCUT2D eigenvalue weighted by Gasteiger charge is -2.14. The van der Waals surface area contributed by atoms with Gasteiger partial charge in [0.2, 0.25) is 0 Å². The van der Waals surface area contributed by atoms with Crippen molar-refractivity contribution in [1.82, 2.24) is 0 Å². The second-order valence-electron chi connectivity index (χ2n) is 3.51. The summed E-state index contributed by atoms with van der Waals surface area (Å²) in [5.41, 5.74) is 0.803. The molecular weight excluding hydrogens is 300 g/mol. The molecule has 0 aliphatic rings. The molecule has 0 saturated carbocycles. The Morgan fingerprint density at radius 1 is 1.35 bits per heavy atom. The Morgan fingerprint density at radius 3 is 2.76 bits per heavy atom. The van der Waals surface area contributed by atoms with Gasteiger partial charge in [0.25, 0.3) is 0 Å². The predicted molar refractivity (Wildman–Crippen MR) is 73.7 cm³/mol. The van der Waals surface area contributed by atoms with Crippen molar-refractivity contribution in [3.8, 4) is 5.75 Å². The van der Waals surface area contributed by atoms with Crippen molar-refractivity contribution < 1.29 is 9.84 Å². The Bertz CT molecular complexity index is 496. The van der Waals surface area contributed by atoms with E-state index in [-0.39, 0.29) is 0 Å². The average molecular weight is 313 g/mol. The lowest BCUT2D eigenvalue weighted by atomic mass is 10.1. The van der Waals surface area contributed by atoms with Crippen LogP contribution >= 0.6 is 27.3 Å². The maximum atomic E-state index is 10.4. The van der Waals surface area contributed by atoms with E-state index in [9.17, 15) is 5.11 Å². The number of halogens is 1. The van der Waals surface area contributed by atoms with E-state index in [2.05, 4.69) is 15.9 Å². The van der Waals surface area contributed by atoms with Crippen LogP contribution in [0.1, 0.15) is 23.5 Å². The summed E-state index contributed by atoms with van der Waals surface area (Å²) in [4.78, 5) is 0.900. The van der Waals surface area contributed by atoms with Crippen molar-refractivity contribution in [3.05, 3.63) is 50.6 Å². The molecule has 0 radical (unpaired) electrons. The normalized spacial score (nSPS) is 12.4. The van der Waals surface area contributed by atoms with Gasteiger partial charge in [-0.25, -0.2) is 0 Å². The summed E-state index contributed by atoms with van der Waals surface area (Å²) in [6, 6.07) is 9.52. The molecule has 0 spiro atoms. The van der Waals surface area contributed by atoms with Crippen LogP contribution in [-0.4, -0.2) is 11.7 Å². The zero-order chi connectivity index (χ0) is 12.3. The number of aliphatic hydroxyl groups excluding tert-OH is 1. The Kier molecular flexibility index (Phi) is 4.20. The largest absolute Gasteiger partial charge is 0.493 e. The number of rotatable bonds is 4. The fourth-order valence-electron chi connectivity index (χ4n) is 1.64. The summed E-state index contributed by atoms with van der Waals surface area (Å²) in [5.74, 6) is 0.739. The van der Waals surface area contributed by atoms with Crippen molar-refractivity contribution in [3.63, 3.8) is 0 Å². The third kappa shape index (κ3) is 2.70. The van der Waals surface area contributed by atoms with Gasteiger partial charge in [-0.2, -0.15) is 0 Å². The molecule has 90 valence electrons. The van der Waals surface area contributed by atoms with Crippen LogP contribution in [0.5, 0.6) is 5.75 Å². The summed E-state index contributed by atoms with van der Waals surface area (Å²) in [7, 11) is 0.